The van der Waals surface area contributed by atoms with Gasteiger partial charge in [-0.25, -0.2) is 12.7 Å². The lowest BCUT2D eigenvalue weighted by atomic mass is 10.2. The van der Waals surface area contributed by atoms with Crippen LogP contribution in [-0.4, -0.2) is 37.3 Å². The highest BCUT2D eigenvalue weighted by atomic mass is 32.2. The second-order valence-corrected chi connectivity index (χ2v) is 7.28. The van der Waals surface area contributed by atoms with Crippen molar-refractivity contribution in [1.29, 1.82) is 0 Å². The Morgan fingerprint density at radius 2 is 1.70 bits per heavy atom. The van der Waals surface area contributed by atoms with Gasteiger partial charge in [-0.2, -0.15) is 0 Å². The van der Waals surface area contributed by atoms with Gasteiger partial charge in [0.25, 0.3) is 5.91 Å². The SMILES string of the molecule is CN(C)S(=O)(=O)c1ccc(C(=O)Nc2ccc(=O)n(C)c2)cc1. The van der Waals surface area contributed by atoms with E-state index in [2.05, 4.69) is 5.32 Å². The van der Waals surface area contributed by atoms with E-state index in [1.54, 1.807) is 7.05 Å². The van der Waals surface area contributed by atoms with Gasteiger partial charge in [-0.05, 0) is 30.3 Å². The first-order chi connectivity index (χ1) is 10.7. The van der Waals surface area contributed by atoms with Crippen LogP contribution < -0.4 is 10.9 Å². The number of pyridine rings is 1. The van der Waals surface area contributed by atoms with Gasteiger partial charge in [0, 0.05) is 39.0 Å². The number of aryl methyl sites for hydroxylation is 1. The van der Waals surface area contributed by atoms with Crippen LogP contribution in [0.2, 0.25) is 0 Å². The number of nitrogens with one attached hydrogen (secondary N) is 1. The van der Waals surface area contributed by atoms with Crippen LogP contribution in [0.4, 0.5) is 5.69 Å². The summed E-state index contributed by atoms with van der Waals surface area (Å²) in [5.41, 5.74) is 0.611. The zero-order valence-corrected chi connectivity index (χ0v) is 13.8. The van der Waals surface area contributed by atoms with Gasteiger partial charge >= 0.3 is 0 Å². The van der Waals surface area contributed by atoms with Gasteiger partial charge in [-0.1, -0.05) is 0 Å². The van der Waals surface area contributed by atoms with E-state index in [4.69, 9.17) is 0 Å². The number of amides is 1. The Morgan fingerprint density at radius 3 is 2.22 bits per heavy atom. The molecule has 0 radical (unpaired) electrons. The van der Waals surface area contributed by atoms with E-state index in [1.165, 1.54) is 61.3 Å². The van der Waals surface area contributed by atoms with E-state index < -0.39 is 15.9 Å². The summed E-state index contributed by atoms with van der Waals surface area (Å²) in [6.45, 7) is 0. The van der Waals surface area contributed by atoms with Crippen molar-refractivity contribution in [2.24, 2.45) is 7.05 Å². The summed E-state index contributed by atoms with van der Waals surface area (Å²) in [6.07, 6.45) is 1.51. The summed E-state index contributed by atoms with van der Waals surface area (Å²) in [7, 11) is 0.937. The monoisotopic (exact) mass is 335 g/mol. The summed E-state index contributed by atoms with van der Waals surface area (Å²) in [6, 6.07) is 8.49. The van der Waals surface area contributed by atoms with Crippen molar-refractivity contribution in [2.45, 2.75) is 4.90 Å². The topological polar surface area (TPSA) is 88.5 Å². The maximum Gasteiger partial charge on any atom is 0.255 e. The fourth-order valence-corrected chi connectivity index (χ4v) is 2.76. The lowest BCUT2D eigenvalue weighted by molar-refractivity contribution is 0.102. The molecule has 1 aromatic heterocycles. The molecule has 1 heterocycles. The van der Waals surface area contributed by atoms with Crippen LogP contribution in [0.1, 0.15) is 10.4 Å². The number of sulfonamides is 1. The molecule has 1 amide bonds. The Hall–Kier alpha value is -2.45. The minimum Gasteiger partial charge on any atom is -0.321 e. The highest BCUT2D eigenvalue weighted by Crippen LogP contribution is 2.15. The number of hydrogen-bond acceptors (Lipinski definition) is 4. The Labute approximate surface area is 134 Å². The van der Waals surface area contributed by atoms with Crippen molar-refractivity contribution in [3.05, 3.63) is 58.5 Å². The molecule has 8 heteroatoms. The smallest absolute Gasteiger partial charge is 0.255 e. The van der Waals surface area contributed by atoms with Gasteiger partial charge in [0.15, 0.2) is 0 Å². The fourth-order valence-electron chi connectivity index (χ4n) is 1.86. The number of benzene rings is 1. The molecule has 1 N–H and O–H groups in total. The van der Waals surface area contributed by atoms with Gasteiger partial charge in [0.1, 0.15) is 0 Å². The third kappa shape index (κ3) is 3.66. The average molecular weight is 335 g/mol. The molecule has 23 heavy (non-hydrogen) atoms. The highest BCUT2D eigenvalue weighted by Gasteiger charge is 2.17. The van der Waals surface area contributed by atoms with Crippen molar-refractivity contribution in [2.75, 3.05) is 19.4 Å². The third-order valence-electron chi connectivity index (χ3n) is 3.24. The predicted molar refractivity (Wildman–Crippen MR) is 87.0 cm³/mol. The zero-order chi connectivity index (χ0) is 17.2. The lowest BCUT2D eigenvalue weighted by Gasteiger charge is -2.11. The molecule has 0 aliphatic rings. The molecule has 0 spiro atoms. The van der Waals surface area contributed by atoms with Crippen molar-refractivity contribution in [3.8, 4) is 0 Å². The number of hydrogen-bond donors (Lipinski definition) is 1. The molecule has 0 unspecified atom stereocenters. The van der Waals surface area contributed by atoms with Gasteiger partial charge in [-0.3, -0.25) is 9.59 Å². The Morgan fingerprint density at radius 1 is 1.09 bits per heavy atom. The fraction of sp³-hybridized carbons (Fsp3) is 0.200. The molecule has 0 atom stereocenters. The number of carbonyl (C=O) groups excluding carboxylic acids is 1. The maximum atomic E-state index is 12.1. The van der Waals surface area contributed by atoms with E-state index in [9.17, 15) is 18.0 Å². The Balaban J connectivity index is 2.20. The Kier molecular flexibility index (Phi) is 4.67. The van der Waals surface area contributed by atoms with Crippen molar-refractivity contribution < 1.29 is 13.2 Å². The zero-order valence-electron chi connectivity index (χ0n) is 13.0. The summed E-state index contributed by atoms with van der Waals surface area (Å²) in [4.78, 5) is 23.6. The van der Waals surface area contributed by atoms with Crippen LogP contribution in [0, 0.1) is 0 Å². The van der Waals surface area contributed by atoms with Crippen LogP contribution in [0.5, 0.6) is 0 Å². The molecule has 7 nitrogen and oxygen atoms in total. The summed E-state index contributed by atoms with van der Waals surface area (Å²) in [5, 5.41) is 2.65. The summed E-state index contributed by atoms with van der Waals surface area (Å²) in [5.74, 6) is -0.391. The second kappa shape index (κ2) is 6.35. The number of rotatable bonds is 4. The maximum absolute atomic E-state index is 12.1. The molecule has 2 rings (SSSR count). The molecule has 122 valence electrons. The number of anilines is 1. The second-order valence-electron chi connectivity index (χ2n) is 5.13. The number of nitrogens with zero attached hydrogens (tertiary/aromatic N) is 2. The molecule has 1 aromatic carbocycles. The van der Waals surface area contributed by atoms with Crippen LogP contribution in [0.3, 0.4) is 0 Å². The largest absolute Gasteiger partial charge is 0.321 e. The van der Waals surface area contributed by atoms with Gasteiger partial charge in [-0.15, -0.1) is 0 Å². The van der Waals surface area contributed by atoms with Crippen LogP contribution in [-0.2, 0) is 17.1 Å². The van der Waals surface area contributed by atoms with Crippen molar-refractivity contribution >= 4 is 21.6 Å². The average Bonchev–Trinajstić information content (AvgIpc) is 2.51. The minimum atomic E-state index is -3.53. The standard InChI is InChI=1S/C15H17N3O4S/c1-17(2)23(21,22)13-7-4-11(5-8-13)15(20)16-12-6-9-14(19)18(3)10-12/h4-10H,1-3H3,(H,16,20). The van der Waals surface area contributed by atoms with Crippen LogP contribution in [0.25, 0.3) is 0 Å². The molecular weight excluding hydrogens is 318 g/mol. The first-order valence-electron chi connectivity index (χ1n) is 6.72. The molecule has 0 bridgehead atoms. The number of aromatic nitrogens is 1. The van der Waals surface area contributed by atoms with E-state index in [1.807, 2.05) is 0 Å². The molecular formula is C15H17N3O4S. The quantitative estimate of drug-likeness (QED) is 0.899. The molecule has 0 aliphatic carbocycles. The third-order valence-corrected chi connectivity index (χ3v) is 5.07. The first-order valence-corrected chi connectivity index (χ1v) is 8.16. The first kappa shape index (κ1) is 16.9. The molecule has 0 saturated carbocycles. The van der Waals surface area contributed by atoms with Crippen LogP contribution in [0.15, 0.2) is 52.3 Å². The Bertz CT molecular complexity index is 884. The van der Waals surface area contributed by atoms with E-state index in [0.29, 0.717) is 11.3 Å². The van der Waals surface area contributed by atoms with E-state index in [0.717, 1.165) is 4.31 Å². The molecule has 0 fully saturated rings. The van der Waals surface area contributed by atoms with Gasteiger partial charge in [0.05, 0.1) is 10.6 Å². The summed E-state index contributed by atoms with van der Waals surface area (Å²) < 4.78 is 26.4. The van der Waals surface area contributed by atoms with E-state index >= 15 is 0 Å². The highest BCUT2D eigenvalue weighted by molar-refractivity contribution is 7.89. The van der Waals surface area contributed by atoms with Crippen molar-refractivity contribution in [1.82, 2.24) is 8.87 Å². The molecule has 2 aromatic rings. The van der Waals surface area contributed by atoms with Crippen LogP contribution >= 0.6 is 0 Å². The lowest BCUT2D eigenvalue weighted by Crippen LogP contribution is -2.22. The minimum absolute atomic E-state index is 0.112. The van der Waals surface area contributed by atoms with Gasteiger partial charge < -0.3 is 9.88 Å². The normalized spacial score (nSPS) is 11.5. The predicted octanol–water partition coefficient (Wildman–Crippen LogP) is 0.888. The summed E-state index contributed by atoms with van der Waals surface area (Å²) >= 11 is 0. The van der Waals surface area contributed by atoms with E-state index in [-0.39, 0.29) is 10.5 Å². The van der Waals surface area contributed by atoms with Crippen molar-refractivity contribution in [3.63, 3.8) is 0 Å². The number of carbonyl (C=O) groups is 1. The molecule has 0 saturated heterocycles. The van der Waals surface area contributed by atoms with Gasteiger partial charge in [0.2, 0.25) is 15.6 Å². The molecule has 0 aliphatic heterocycles.